The minimum atomic E-state index is -4.38. The molecular formula is C11H13Cl2F3N2O. The normalized spacial score (nSPS) is 13.9. The molecule has 0 aliphatic heterocycles. The van der Waals surface area contributed by atoms with Gasteiger partial charge in [0.05, 0.1) is 12.5 Å². The average Bonchev–Trinajstić information content (AvgIpc) is 2.19. The summed E-state index contributed by atoms with van der Waals surface area (Å²) in [6.07, 6.45) is -7.08. The van der Waals surface area contributed by atoms with Crippen LogP contribution >= 0.6 is 23.2 Å². The number of hydrogen-bond donors (Lipinski definition) is 1. The Kier molecular flexibility index (Phi) is 5.85. The lowest BCUT2D eigenvalue weighted by molar-refractivity contribution is -0.155. The fourth-order valence-electron chi connectivity index (χ4n) is 1.61. The van der Waals surface area contributed by atoms with Gasteiger partial charge in [-0.1, -0.05) is 29.3 Å². The zero-order valence-corrected chi connectivity index (χ0v) is 11.6. The maximum Gasteiger partial charge on any atom is 0.391 e. The van der Waals surface area contributed by atoms with Crippen molar-refractivity contribution in [2.75, 3.05) is 13.6 Å². The van der Waals surface area contributed by atoms with E-state index in [2.05, 4.69) is 4.98 Å². The van der Waals surface area contributed by atoms with Crippen molar-refractivity contribution in [1.82, 2.24) is 9.88 Å². The zero-order chi connectivity index (χ0) is 14.6. The number of aliphatic hydroxyl groups is 1. The molecule has 108 valence electrons. The maximum atomic E-state index is 12.1. The highest BCUT2D eigenvalue weighted by molar-refractivity contribution is 6.32. The smallest absolute Gasteiger partial charge is 0.391 e. The molecule has 0 saturated carbocycles. The van der Waals surface area contributed by atoms with Gasteiger partial charge in [0.15, 0.2) is 0 Å². The van der Waals surface area contributed by atoms with Crippen molar-refractivity contribution in [2.45, 2.75) is 25.2 Å². The van der Waals surface area contributed by atoms with Crippen molar-refractivity contribution in [3.63, 3.8) is 0 Å². The first-order chi connectivity index (χ1) is 8.67. The number of hydrogen-bond acceptors (Lipinski definition) is 3. The molecule has 1 atom stereocenters. The molecule has 3 nitrogen and oxygen atoms in total. The number of likely N-dealkylation sites (N-methyl/N-ethyl adjacent to an activating group) is 1. The molecule has 1 aromatic heterocycles. The second kappa shape index (κ2) is 6.74. The molecule has 8 heteroatoms. The maximum absolute atomic E-state index is 12.1. The number of rotatable bonds is 5. The fraction of sp³-hybridized carbons (Fsp3) is 0.545. The zero-order valence-electron chi connectivity index (χ0n) is 10.1. The van der Waals surface area contributed by atoms with Crippen molar-refractivity contribution in [2.24, 2.45) is 0 Å². The van der Waals surface area contributed by atoms with Crippen LogP contribution in [-0.4, -0.2) is 40.9 Å². The van der Waals surface area contributed by atoms with Crippen LogP contribution in [0.2, 0.25) is 10.3 Å². The third-order valence-corrected chi connectivity index (χ3v) is 2.86. The average molecular weight is 317 g/mol. The van der Waals surface area contributed by atoms with E-state index in [4.69, 9.17) is 23.2 Å². The molecule has 1 aromatic rings. The number of alkyl halides is 3. The summed E-state index contributed by atoms with van der Waals surface area (Å²) in [5, 5.41) is 9.76. The molecule has 0 aromatic carbocycles. The number of aliphatic hydroxyl groups excluding tert-OH is 1. The lowest BCUT2D eigenvalue weighted by Gasteiger charge is -2.21. The van der Waals surface area contributed by atoms with Crippen LogP contribution in [0.3, 0.4) is 0 Å². The molecule has 1 heterocycles. The summed E-state index contributed by atoms with van der Waals surface area (Å²) in [4.78, 5) is 5.36. The van der Waals surface area contributed by atoms with Crippen LogP contribution in [0.25, 0.3) is 0 Å². The van der Waals surface area contributed by atoms with Crippen molar-refractivity contribution < 1.29 is 18.3 Å². The van der Waals surface area contributed by atoms with E-state index >= 15 is 0 Å². The summed E-state index contributed by atoms with van der Waals surface area (Å²) >= 11 is 11.5. The lowest BCUT2D eigenvalue weighted by Crippen LogP contribution is -2.32. The minimum absolute atomic E-state index is 0.113. The lowest BCUT2D eigenvalue weighted by atomic mass is 10.2. The van der Waals surface area contributed by atoms with E-state index in [1.807, 2.05) is 0 Å². The van der Waals surface area contributed by atoms with Crippen molar-refractivity contribution in [3.05, 3.63) is 28.0 Å². The highest BCUT2D eigenvalue weighted by Gasteiger charge is 2.31. The van der Waals surface area contributed by atoms with Gasteiger partial charge in [0, 0.05) is 18.7 Å². The summed E-state index contributed by atoms with van der Waals surface area (Å²) in [6.45, 7) is 0.163. The Balaban J connectivity index is 2.53. The van der Waals surface area contributed by atoms with Gasteiger partial charge < -0.3 is 5.11 Å². The SMILES string of the molecule is CN(Cc1ccc(Cl)nc1Cl)C[C@H](O)CC(F)(F)F. The van der Waals surface area contributed by atoms with Crippen LogP contribution in [0.15, 0.2) is 12.1 Å². The Hall–Kier alpha value is -0.560. The van der Waals surface area contributed by atoms with Gasteiger partial charge in [-0.3, -0.25) is 4.90 Å². The molecule has 0 bridgehead atoms. The molecule has 0 saturated heterocycles. The van der Waals surface area contributed by atoms with E-state index in [0.717, 1.165) is 0 Å². The molecule has 1 rings (SSSR count). The molecule has 0 aliphatic rings. The predicted octanol–water partition coefficient (Wildman–Crippen LogP) is 3.13. The second-order valence-corrected chi connectivity index (χ2v) is 5.00. The largest absolute Gasteiger partial charge is 0.391 e. The molecule has 1 N–H and O–H groups in total. The number of halogens is 5. The summed E-state index contributed by atoms with van der Waals surface area (Å²) in [7, 11) is 1.59. The number of pyridine rings is 1. The number of aromatic nitrogens is 1. The third-order valence-electron chi connectivity index (χ3n) is 2.32. The van der Waals surface area contributed by atoms with Gasteiger partial charge in [0.1, 0.15) is 10.3 Å². The first-order valence-corrected chi connectivity index (χ1v) is 6.17. The summed E-state index contributed by atoms with van der Waals surface area (Å²) in [5.41, 5.74) is 0.632. The van der Waals surface area contributed by atoms with Gasteiger partial charge in [-0.05, 0) is 13.1 Å². The Labute approximate surface area is 118 Å². The quantitative estimate of drug-likeness (QED) is 0.848. The molecule has 0 spiro atoms. The van der Waals surface area contributed by atoms with Gasteiger partial charge in [-0.2, -0.15) is 13.2 Å². The molecule has 0 unspecified atom stereocenters. The first kappa shape index (κ1) is 16.5. The molecule has 0 radical (unpaired) electrons. The molecule has 0 fully saturated rings. The van der Waals surface area contributed by atoms with Crippen LogP contribution in [0.5, 0.6) is 0 Å². The molecule has 0 aliphatic carbocycles. The van der Waals surface area contributed by atoms with E-state index in [-0.39, 0.29) is 23.4 Å². The predicted molar refractivity (Wildman–Crippen MR) is 67.3 cm³/mol. The van der Waals surface area contributed by atoms with Crippen LogP contribution in [-0.2, 0) is 6.54 Å². The van der Waals surface area contributed by atoms with Gasteiger partial charge in [-0.15, -0.1) is 0 Å². The first-order valence-electron chi connectivity index (χ1n) is 5.41. The molecule has 19 heavy (non-hydrogen) atoms. The minimum Gasteiger partial charge on any atom is -0.391 e. The Bertz CT molecular complexity index is 429. The fourth-order valence-corrected chi connectivity index (χ4v) is 2.01. The van der Waals surface area contributed by atoms with Crippen LogP contribution in [0.4, 0.5) is 13.2 Å². The number of nitrogens with zero attached hydrogens (tertiary/aromatic N) is 2. The van der Waals surface area contributed by atoms with E-state index in [9.17, 15) is 18.3 Å². The van der Waals surface area contributed by atoms with E-state index < -0.39 is 18.7 Å². The highest BCUT2D eigenvalue weighted by Crippen LogP contribution is 2.22. The van der Waals surface area contributed by atoms with Crippen LogP contribution in [0, 0.1) is 0 Å². The van der Waals surface area contributed by atoms with Gasteiger partial charge in [0.25, 0.3) is 0 Å². The third kappa shape index (κ3) is 6.42. The van der Waals surface area contributed by atoms with E-state index in [1.165, 1.54) is 4.90 Å². The van der Waals surface area contributed by atoms with Crippen LogP contribution in [0.1, 0.15) is 12.0 Å². The second-order valence-electron chi connectivity index (χ2n) is 4.25. The Morgan fingerprint density at radius 2 is 2.00 bits per heavy atom. The van der Waals surface area contributed by atoms with Crippen LogP contribution < -0.4 is 0 Å². The topological polar surface area (TPSA) is 36.4 Å². The van der Waals surface area contributed by atoms with Gasteiger partial charge in [-0.25, -0.2) is 4.98 Å². The van der Waals surface area contributed by atoms with Crippen molar-refractivity contribution in [3.8, 4) is 0 Å². The van der Waals surface area contributed by atoms with E-state index in [1.54, 1.807) is 19.2 Å². The Morgan fingerprint density at radius 3 is 2.53 bits per heavy atom. The van der Waals surface area contributed by atoms with Crippen molar-refractivity contribution in [1.29, 1.82) is 0 Å². The Morgan fingerprint density at radius 1 is 1.37 bits per heavy atom. The molecular weight excluding hydrogens is 304 g/mol. The van der Waals surface area contributed by atoms with Gasteiger partial charge in [0.2, 0.25) is 0 Å². The standard InChI is InChI=1S/C11H13Cl2F3N2O/c1-18(6-8(19)4-11(14,15)16)5-7-2-3-9(12)17-10(7)13/h2-3,8,19H,4-6H2,1H3/t8-/m1/s1. The van der Waals surface area contributed by atoms with Gasteiger partial charge >= 0.3 is 6.18 Å². The summed E-state index contributed by atoms with van der Waals surface area (Å²) in [5.74, 6) is 0. The summed E-state index contributed by atoms with van der Waals surface area (Å²) < 4.78 is 36.2. The summed E-state index contributed by atoms with van der Waals surface area (Å²) in [6, 6.07) is 3.19. The van der Waals surface area contributed by atoms with Crippen molar-refractivity contribution >= 4 is 23.2 Å². The monoisotopic (exact) mass is 316 g/mol. The highest BCUT2D eigenvalue weighted by atomic mass is 35.5. The van der Waals surface area contributed by atoms with E-state index in [0.29, 0.717) is 5.56 Å². The molecule has 0 amide bonds.